The lowest BCUT2D eigenvalue weighted by molar-refractivity contribution is -0.121. The van der Waals surface area contributed by atoms with E-state index in [2.05, 4.69) is 30.1 Å². The number of imide groups is 1. The second-order valence-electron chi connectivity index (χ2n) is 8.73. The van der Waals surface area contributed by atoms with Crippen LogP contribution in [0, 0.1) is 0 Å². The minimum absolute atomic E-state index is 0.0473. The standard InChI is InChI=1S/C28H30N2O3S2/c31-25(15-5-2-6-16-34)29-22(19-35-18-20-9-3-1-4-10-20)17-30-27(32)23-13-7-11-21-12-8-14-24(26(21)23)28(30)33/h1,3-4,7-14,22,34H,2,5-6,15-19H2,(H,29,31). The average Bonchev–Trinajstić information content (AvgIpc) is 2.88. The Kier molecular flexibility index (Phi) is 8.88. The molecule has 0 saturated heterocycles. The first-order chi connectivity index (χ1) is 17.1. The number of carbonyl (C=O) groups is 3. The molecule has 0 saturated carbocycles. The smallest absolute Gasteiger partial charge is 0.261 e. The lowest BCUT2D eigenvalue weighted by Crippen LogP contribution is -2.50. The molecule has 0 bridgehead atoms. The molecule has 0 fully saturated rings. The molecule has 1 unspecified atom stereocenters. The van der Waals surface area contributed by atoms with Gasteiger partial charge in [0.1, 0.15) is 0 Å². The van der Waals surface area contributed by atoms with Gasteiger partial charge in [0, 0.05) is 34.4 Å². The van der Waals surface area contributed by atoms with Crippen LogP contribution in [0.25, 0.3) is 10.8 Å². The third-order valence-electron chi connectivity index (χ3n) is 6.12. The van der Waals surface area contributed by atoms with Crippen LogP contribution in [0.15, 0.2) is 66.7 Å². The summed E-state index contributed by atoms with van der Waals surface area (Å²) in [5.41, 5.74) is 2.26. The number of hydrogen-bond donors (Lipinski definition) is 2. The predicted octanol–water partition coefficient (Wildman–Crippen LogP) is 5.34. The van der Waals surface area contributed by atoms with Crippen LogP contribution in [0.4, 0.5) is 0 Å². The summed E-state index contributed by atoms with van der Waals surface area (Å²) in [6.45, 7) is 0.145. The van der Waals surface area contributed by atoms with Crippen molar-refractivity contribution in [2.75, 3.05) is 18.1 Å². The number of benzene rings is 3. The van der Waals surface area contributed by atoms with Crippen LogP contribution >= 0.6 is 24.4 Å². The van der Waals surface area contributed by atoms with Gasteiger partial charge in [-0.25, -0.2) is 0 Å². The molecule has 1 heterocycles. The summed E-state index contributed by atoms with van der Waals surface area (Å²) < 4.78 is 0. The highest BCUT2D eigenvalue weighted by atomic mass is 32.2. The molecule has 3 aromatic rings. The van der Waals surface area contributed by atoms with E-state index >= 15 is 0 Å². The number of nitrogens with one attached hydrogen (secondary N) is 1. The SMILES string of the molecule is O=C(CCCCCS)NC(CSCc1ccccc1)CN1C(=O)c2cccc3cccc(c23)C1=O. The van der Waals surface area contributed by atoms with Gasteiger partial charge in [-0.15, -0.1) is 0 Å². The van der Waals surface area contributed by atoms with Gasteiger partial charge < -0.3 is 5.32 Å². The van der Waals surface area contributed by atoms with Crippen LogP contribution in [0.3, 0.4) is 0 Å². The molecular weight excluding hydrogens is 476 g/mol. The Morgan fingerprint density at radius 1 is 0.886 bits per heavy atom. The zero-order chi connectivity index (χ0) is 24.6. The molecule has 1 atom stereocenters. The van der Waals surface area contributed by atoms with Crippen molar-refractivity contribution in [1.29, 1.82) is 0 Å². The summed E-state index contributed by atoms with van der Waals surface area (Å²) in [4.78, 5) is 40.7. The largest absolute Gasteiger partial charge is 0.351 e. The minimum Gasteiger partial charge on any atom is -0.351 e. The molecule has 7 heteroatoms. The number of nitrogens with zero attached hydrogens (tertiary/aromatic N) is 1. The normalized spacial score (nSPS) is 13.8. The zero-order valence-electron chi connectivity index (χ0n) is 19.6. The van der Waals surface area contributed by atoms with Gasteiger partial charge in [0.2, 0.25) is 5.91 Å². The molecule has 3 amide bonds. The number of unbranched alkanes of at least 4 members (excludes halogenated alkanes) is 2. The zero-order valence-corrected chi connectivity index (χ0v) is 21.3. The Morgan fingerprint density at radius 3 is 2.23 bits per heavy atom. The van der Waals surface area contributed by atoms with Crippen LogP contribution < -0.4 is 5.32 Å². The quantitative estimate of drug-likeness (QED) is 0.198. The van der Waals surface area contributed by atoms with Gasteiger partial charge >= 0.3 is 0 Å². The molecule has 1 N–H and O–H groups in total. The van der Waals surface area contributed by atoms with E-state index < -0.39 is 0 Å². The third kappa shape index (κ3) is 6.27. The third-order valence-corrected chi connectivity index (χ3v) is 7.61. The molecule has 182 valence electrons. The van der Waals surface area contributed by atoms with Gasteiger partial charge in [-0.05, 0) is 41.7 Å². The number of thiol groups is 1. The molecular formula is C28H30N2O3S2. The van der Waals surface area contributed by atoms with E-state index in [0.717, 1.165) is 36.2 Å². The van der Waals surface area contributed by atoms with Crippen molar-refractivity contribution in [2.24, 2.45) is 0 Å². The second-order valence-corrected chi connectivity index (χ2v) is 10.2. The Balaban J connectivity index is 1.48. The van der Waals surface area contributed by atoms with Crippen LogP contribution in [0.5, 0.6) is 0 Å². The van der Waals surface area contributed by atoms with E-state index in [9.17, 15) is 14.4 Å². The van der Waals surface area contributed by atoms with Gasteiger partial charge in [-0.2, -0.15) is 24.4 Å². The molecule has 35 heavy (non-hydrogen) atoms. The van der Waals surface area contributed by atoms with Crippen LogP contribution in [-0.4, -0.2) is 46.7 Å². The van der Waals surface area contributed by atoms with Crippen LogP contribution in [0.2, 0.25) is 0 Å². The summed E-state index contributed by atoms with van der Waals surface area (Å²) in [5, 5.41) is 4.69. The number of amides is 3. The maximum Gasteiger partial charge on any atom is 0.261 e. The van der Waals surface area contributed by atoms with Crippen molar-refractivity contribution >= 4 is 52.9 Å². The summed E-state index contributed by atoms with van der Waals surface area (Å²) >= 11 is 5.91. The average molecular weight is 507 g/mol. The van der Waals surface area contributed by atoms with E-state index in [1.165, 1.54) is 10.5 Å². The molecule has 0 spiro atoms. The second kappa shape index (κ2) is 12.3. The lowest BCUT2D eigenvalue weighted by Gasteiger charge is -2.30. The van der Waals surface area contributed by atoms with Gasteiger partial charge in [-0.1, -0.05) is 61.0 Å². The van der Waals surface area contributed by atoms with E-state index in [4.69, 9.17) is 0 Å². The van der Waals surface area contributed by atoms with Gasteiger partial charge in [-0.3, -0.25) is 19.3 Å². The lowest BCUT2D eigenvalue weighted by atomic mass is 9.94. The van der Waals surface area contributed by atoms with Crippen molar-refractivity contribution < 1.29 is 14.4 Å². The van der Waals surface area contributed by atoms with E-state index in [0.29, 0.717) is 28.7 Å². The molecule has 1 aliphatic rings. The first kappa shape index (κ1) is 25.3. The molecule has 0 aliphatic carbocycles. The van der Waals surface area contributed by atoms with Gasteiger partial charge in [0.25, 0.3) is 11.8 Å². The Bertz CT molecular complexity index is 1150. The number of carbonyl (C=O) groups excluding carboxylic acids is 3. The summed E-state index contributed by atoms with van der Waals surface area (Å²) in [6, 6.07) is 20.8. The van der Waals surface area contributed by atoms with Crippen molar-refractivity contribution in [3.63, 3.8) is 0 Å². The van der Waals surface area contributed by atoms with E-state index in [1.807, 2.05) is 42.5 Å². The Morgan fingerprint density at radius 2 is 1.57 bits per heavy atom. The van der Waals surface area contributed by atoms with Crippen molar-refractivity contribution in [1.82, 2.24) is 10.2 Å². The fourth-order valence-corrected chi connectivity index (χ4v) is 5.62. The molecule has 4 rings (SSSR count). The Labute approximate surface area is 216 Å². The Hall–Kier alpha value is -2.77. The molecule has 5 nitrogen and oxygen atoms in total. The summed E-state index contributed by atoms with van der Waals surface area (Å²) in [5.74, 6) is 1.54. The maximum absolute atomic E-state index is 13.4. The highest BCUT2D eigenvalue weighted by Crippen LogP contribution is 2.30. The highest BCUT2D eigenvalue weighted by Gasteiger charge is 2.34. The van der Waals surface area contributed by atoms with E-state index in [1.54, 1.807) is 23.9 Å². The molecule has 0 radical (unpaired) electrons. The van der Waals surface area contributed by atoms with Gasteiger partial charge in [0.15, 0.2) is 0 Å². The monoisotopic (exact) mass is 506 g/mol. The van der Waals surface area contributed by atoms with Crippen LogP contribution in [-0.2, 0) is 10.5 Å². The maximum atomic E-state index is 13.4. The van der Waals surface area contributed by atoms with Crippen LogP contribution in [0.1, 0.15) is 52.0 Å². The van der Waals surface area contributed by atoms with E-state index in [-0.39, 0.29) is 30.3 Å². The van der Waals surface area contributed by atoms with Gasteiger partial charge in [0.05, 0.1) is 12.6 Å². The fourth-order valence-electron chi connectivity index (χ4n) is 4.37. The first-order valence-corrected chi connectivity index (χ1v) is 13.8. The molecule has 1 aliphatic heterocycles. The minimum atomic E-state index is -0.335. The number of rotatable bonds is 12. The summed E-state index contributed by atoms with van der Waals surface area (Å²) in [7, 11) is 0. The number of thioether (sulfide) groups is 1. The van der Waals surface area contributed by atoms with Crippen molar-refractivity contribution in [3.8, 4) is 0 Å². The fraction of sp³-hybridized carbons (Fsp3) is 0.321. The topological polar surface area (TPSA) is 66.5 Å². The molecule has 3 aromatic carbocycles. The van der Waals surface area contributed by atoms with Crippen molar-refractivity contribution in [3.05, 3.63) is 83.4 Å². The first-order valence-electron chi connectivity index (χ1n) is 12.0. The van der Waals surface area contributed by atoms with Crippen molar-refractivity contribution in [2.45, 2.75) is 37.5 Å². The number of hydrogen-bond acceptors (Lipinski definition) is 5. The summed E-state index contributed by atoms with van der Waals surface area (Å²) in [6.07, 6.45) is 3.16. The highest BCUT2D eigenvalue weighted by molar-refractivity contribution is 7.98. The molecule has 0 aromatic heterocycles. The predicted molar refractivity (Wildman–Crippen MR) is 146 cm³/mol.